The van der Waals surface area contributed by atoms with Crippen LogP contribution in [0.15, 0.2) is 36.4 Å². The highest BCUT2D eigenvalue weighted by atomic mass is 127. The molecule has 2 rings (SSSR count). The van der Waals surface area contributed by atoms with E-state index in [4.69, 9.17) is 11.6 Å². The first kappa shape index (κ1) is 14.4. The molecule has 18 heavy (non-hydrogen) atoms. The van der Waals surface area contributed by atoms with Gasteiger partial charge in [0.1, 0.15) is 0 Å². The molecule has 96 valence electrons. The summed E-state index contributed by atoms with van der Waals surface area (Å²) in [5.74, 6) is 0. The van der Waals surface area contributed by atoms with Gasteiger partial charge in [0.05, 0.1) is 5.38 Å². The monoisotopic (exact) mass is 390 g/mol. The number of rotatable bonds is 2. The van der Waals surface area contributed by atoms with Crippen molar-refractivity contribution >= 4 is 45.5 Å². The minimum atomic E-state index is -0.0424. The predicted molar refractivity (Wildman–Crippen MR) is 89.9 cm³/mol. The van der Waals surface area contributed by atoms with Crippen LogP contribution in [0.1, 0.15) is 41.5 Å². The van der Waals surface area contributed by atoms with Crippen molar-refractivity contribution in [3.8, 4) is 0 Å². The summed E-state index contributed by atoms with van der Waals surface area (Å²) in [5.41, 5.74) is 1.39. The maximum Gasteiger partial charge on any atom is 0.0938 e. The summed E-state index contributed by atoms with van der Waals surface area (Å²) in [6.07, 6.45) is 0. The molecule has 3 heteroatoms. The summed E-state index contributed by atoms with van der Waals surface area (Å²) in [4.78, 5) is 2.61. The van der Waals surface area contributed by atoms with Gasteiger partial charge in [0.15, 0.2) is 0 Å². The molecule has 0 N–H and O–H groups in total. The lowest BCUT2D eigenvalue weighted by atomic mass is 9.95. The Morgan fingerprint density at radius 3 is 2.33 bits per heavy atom. The molecule has 0 nitrogen and oxygen atoms in total. The largest absolute Gasteiger partial charge is 0.143 e. The van der Waals surface area contributed by atoms with E-state index in [2.05, 4.69) is 67.6 Å². The SMILES string of the molecule is CC(C)(C)c1ccc(C(Cl)c2ccccc2I)s1. The number of benzene rings is 1. The van der Waals surface area contributed by atoms with Crippen LogP contribution in [0.2, 0.25) is 0 Å². The van der Waals surface area contributed by atoms with Crippen molar-refractivity contribution in [2.24, 2.45) is 0 Å². The number of halogens is 2. The van der Waals surface area contributed by atoms with Gasteiger partial charge in [0, 0.05) is 13.3 Å². The van der Waals surface area contributed by atoms with Crippen LogP contribution in [0, 0.1) is 3.57 Å². The molecule has 1 unspecified atom stereocenters. The molecule has 1 heterocycles. The summed E-state index contributed by atoms with van der Waals surface area (Å²) in [5, 5.41) is -0.0424. The van der Waals surface area contributed by atoms with E-state index in [0.29, 0.717) is 0 Å². The minimum absolute atomic E-state index is 0.0424. The van der Waals surface area contributed by atoms with Crippen molar-refractivity contribution in [3.05, 3.63) is 55.3 Å². The van der Waals surface area contributed by atoms with Crippen molar-refractivity contribution in [2.45, 2.75) is 31.6 Å². The van der Waals surface area contributed by atoms with Gasteiger partial charge in [-0.05, 0) is 51.8 Å². The van der Waals surface area contributed by atoms with Crippen LogP contribution in [0.4, 0.5) is 0 Å². The zero-order valence-electron chi connectivity index (χ0n) is 10.7. The van der Waals surface area contributed by atoms with E-state index in [1.165, 1.54) is 18.9 Å². The quantitative estimate of drug-likeness (QED) is 0.437. The fourth-order valence-electron chi connectivity index (χ4n) is 1.73. The van der Waals surface area contributed by atoms with Gasteiger partial charge in [0.2, 0.25) is 0 Å². The molecule has 1 atom stereocenters. The van der Waals surface area contributed by atoms with Crippen LogP contribution >= 0.6 is 45.5 Å². The minimum Gasteiger partial charge on any atom is -0.143 e. The summed E-state index contributed by atoms with van der Waals surface area (Å²) in [7, 11) is 0. The third kappa shape index (κ3) is 3.09. The number of hydrogen-bond donors (Lipinski definition) is 0. The molecule has 0 bridgehead atoms. The van der Waals surface area contributed by atoms with E-state index >= 15 is 0 Å². The van der Waals surface area contributed by atoms with Gasteiger partial charge < -0.3 is 0 Å². The van der Waals surface area contributed by atoms with E-state index in [1.54, 1.807) is 0 Å². The molecule has 1 aromatic heterocycles. The second kappa shape index (κ2) is 5.51. The Morgan fingerprint density at radius 1 is 1.11 bits per heavy atom. The number of alkyl halides is 1. The lowest BCUT2D eigenvalue weighted by Gasteiger charge is -2.16. The van der Waals surface area contributed by atoms with E-state index in [9.17, 15) is 0 Å². The average molecular weight is 391 g/mol. The summed E-state index contributed by atoms with van der Waals surface area (Å²) >= 11 is 10.8. The average Bonchev–Trinajstić information content (AvgIpc) is 2.77. The zero-order valence-corrected chi connectivity index (χ0v) is 14.4. The topological polar surface area (TPSA) is 0 Å². The Hall–Kier alpha value is -0.0600. The van der Waals surface area contributed by atoms with Crippen molar-refractivity contribution in [1.29, 1.82) is 0 Å². The highest BCUT2D eigenvalue weighted by Gasteiger charge is 2.20. The standard InChI is InChI=1S/C15H16ClIS/c1-15(2,3)13-9-8-12(18-13)14(16)10-6-4-5-7-11(10)17/h4-9,14H,1-3H3. The first-order valence-corrected chi connectivity index (χ1v) is 8.21. The molecule has 2 aromatic rings. The molecule has 0 saturated heterocycles. The fraction of sp³-hybridized carbons (Fsp3) is 0.333. The van der Waals surface area contributed by atoms with Crippen LogP contribution in [0.25, 0.3) is 0 Å². The van der Waals surface area contributed by atoms with E-state index in [1.807, 2.05) is 23.5 Å². The Kier molecular flexibility index (Phi) is 4.40. The van der Waals surface area contributed by atoms with Gasteiger partial charge in [-0.15, -0.1) is 22.9 Å². The first-order valence-electron chi connectivity index (χ1n) is 5.88. The Morgan fingerprint density at radius 2 is 1.78 bits per heavy atom. The first-order chi connectivity index (χ1) is 8.39. The van der Waals surface area contributed by atoms with Crippen LogP contribution in [0.3, 0.4) is 0 Å². The highest BCUT2D eigenvalue weighted by Crippen LogP contribution is 2.38. The normalized spacial score (nSPS) is 13.6. The summed E-state index contributed by atoms with van der Waals surface area (Å²) < 4.78 is 1.22. The predicted octanol–water partition coefficient (Wildman–Crippen LogP) is 5.98. The highest BCUT2D eigenvalue weighted by molar-refractivity contribution is 14.1. The molecule has 0 amide bonds. The van der Waals surface area contributed by atoms with Crippen molar-refractivity contribution in [2.75, 3.05) is 0 Å². The van der Waals surface area contributed by atoms with Gasteiger partial charge in [0.25, 0.3) is 0 Å². The molecule has 0 saturated carbocycles. The fourth-order valence-corrected chi connectivity index (χ4v) is 4.07. The molecule has 0 aliphatic rings. The van der Waals surface area contributed by atoms with Gasteiger partial charge in [-0.2, -0.15) is 0 Å². The van der Waals surface area contributed by atoms with Gasteiger partial charge in [-0.25, -0.2) is 0 Å². The zero-order chi connectivity index (χ0) is 13.3. The smallest absolute Gasteiger partial charge is 0.0938 e. The Balaban J connectivity index is 2.33. The number of hydrogen-bond acceptors (Lipinski definition) is 1. The van der Waals surface area contributed by atoms with Crippen molar-refractivity contribution < 1.29 is 0 Å². The van der Waals surface area contributed by atoms with E-state index in [0.717, 1.165) is 0 Å². The van der Waals surface area contributed by atoms with Crippen LogP contribution < -0.4 is 0 Å². The van der Waals surface area contributed by atoms with Crippen molar-refractivity contribution in [3.63, 3.8) is 0 Å². The van der Waals surface area contributed by atoms with Crippen LogP contribution in [0.5, 0.6) is 0 Å². The third-order valence-electron chi connectivity index (χ3n) is 2.79. The molecule has 0 spiro atoms. The maximum atomic E-state index is 6.61. The summed E-state index contributed by atoms with van der Waals surface area (Å²) in [6, 6.07) is 12.7. The number of thiophene rings is 1. The molecule has 1 aromatic carbocycles. The molecular formula is C15H16ClIS. The van der Waals surface area contributed by atoms with Gasteiger partial charge in [-0.1, -0.05) is 39.0 Å². The van der Waals surface area contributed by atoms with E-state index < -0.39 is 0 Å². The van der Waals surface area contributed by atoms with E-state index in [-0.39, 0.29) is 10.8 Å². The second-order valence-corrected chi connectivity index (χ2v) is 8.05. The molecule has 0 aliphatic heterocycles. The lowest BCUT2D eigenvalue weighted by Crippen LogP contribution is -2.07. The molecule has 0 radical (unpaired) electrons. The third-order valence-corrected chi connectivity index (χ3v) is 5.95. The van der Waals surface area contributed by atoms with Crippen molar-refractivity contribution in [1.82, 2.24) is 0 Å². The lowest BCUT2D eigenvalue weighted by molar-refractivity contribution is 0.604. The Bertz CT molecular complexity index is 539. The van der Waals surface area contributed by atoms with Gasteiger partial charge in [-0.3, -0.25) is 0 Å². The molecule has 0 aliphatic carbocycles. The molecule has 0 fully saturated rings. The molecular weight excluding hydrogens is 375 g/mol. The maximum absolute atomic E-state index is 6.61. The van der Waals surface area contributed by atoms with Gasteiger partial charge >= 0.3 is 0 Å². The Labute approximate surface area is 132 Å². The summed E-state index contributed by atoms with van der Waals surface area (Å²) in [6.45, 7) is 6.70. The van der Waals surface area contributed by atoms with Crippen LogP contribution in [-0.2, 0) is 5.41 Å². The second-order valence-electron chi connectivity index (χ2n) is 5.34. The van der Waals surface area contributed by atoms with Crippen LogP contribution in [-0.4, -0.2) is 0 Å².